The summed E-state index contributed by atoms with van der Waals surface area (Å²) in [6, 6.07) is 0. The van der Waals surface area contributed by atoms with Gasteiger partial charge in [0, 0.05) is 6.42 Å². The Hall–Kier alpha value is -0.820. The topological polar surface area (TPSA) is 50.8 Å². The Labute approximate surface area is 82.4 Å². The van der Waals surface area contributed by atoms with E-state index >= 15 is 0 Å². The van der Waals surface area contributed by atoms with Gasteiger partial charge in [0.15, 0.2) is 0 Å². The molecular weight excluding hydrogens is 223 g/mol. The van der Waals surface area contributed by atoms with Crippen LogP contribution < -0.4 is 0 Å². The van der Waals surface area contributed by atoms with Crippen LogP contribution in [-0.4, -0.2) is 34.6 Å². The molecule has 1 rings (SSSR count). The lowest BCUT2D eigenvalue weighted by Gasteiger charge is -2.05. The molecule has 0 spiro atoms. The van der Waals surface area contributed by atoms with Crippen molar-refractivity contribution >= 4 is 11.6 Å². The Balaban J connectivity index is 2.16. The molecule has 0 radical (unpaired) electrons. The molecule has 0 unspecified atom stereocenters. The van der Waals surface area contributed by atoms with Crippen LogP contribution in [0.5, 0.6) is 0 Å². The Morgan fingerprint density at radius 1 is 1.43 bits per heavy atom. The maximum absolute atomic E-state index is 11.6. The van der Waals surface area contributed by atoms with Crippen LogP contribution in [-0.2, 0) is 11.2 Å². The number of alkyl halides is 3. The molecule has 0 aliphatic carbocycles. The third kappa shape index (κ3) is 4.43. The zero-order valence-corrected chi connectivity index (χ0v) is 7.69. The summed E-state index contributed by atoms with van der Waals surface area (Å²) in [7, 11) is 0. The summed E-state index contributed by atoms with van der Waals surface area (Å²) in [5, 5.41) is 5.98. The van der Waals surface area contributed by atoms with Gasteiger partial charge in [-0.05, 0) is 11.6 Å². The van der Waals surface area contributed by atoms with Crippen molar-refractivity contribution in [2.45, 2.75) is 12.6 Å². The maximum atomic E-state index is 11.6. The van der Waals surface area contributed by atoms with E-state index in [0.717, 1.165) is 0 Å². The lowest BCUT2D eigenvalue weighted by atomic mass is 10.4. The molecule has 0 saturated heterocycles. The largest absolute Gasteiger partial charge is 0.411 e. The first-order valence-electron chi connectivity index (χ1n) is 3.68. The summed E-state index contributed by atoms with van der Waals surface area (Å²) in [6.45, 7) is -1.33. The van der Waals surface area contributed by atoms with Crippen LogP contribution in [0, 0.1) is 0 Å². The first-order valence-corrected chi connectivity index (χ1v) is 4.06. The molecule has 80 valence electrons. The van der Waals surface area contributed by atoms with Crippen LogP contribution in [0.1, 0.15) is 5.82 Å². The highest BCUT2D eigenvalue weighted by molar-refractivity contribution is 6.28. The number of ether oxygens (including phenoxy) is 1. The number of aromatic nitrogens is 3. The predicted octanol–water partition coefficient (Wildman–Crippen LogP) is 1.58. The van der Waals surface area contributed by atoms with Gasteiger partial charge in [0.2, 0.25) is 5.28 Å². The second-order valence-electron chi connectivity index (χ2n) is 2.47. The fourth-order valence-corrected chi connectivity index (χ4v) is 0.885. The first kappa shape index (κ1) is 11.3. The average molecular weight is 230 g/mol. The third-order valence-electron chi connectivity index (χ3n) is 1.25. The number of nitrogens with one attached hydrogen (secondary N) is 1. The average Bonchev–Trinajstić information content (AvgIpc) is 2.44. The fourth-order valence-electron chi connectivity index (χ4n) is 0.741. The second kappa shape index (κ2) is 4.61. The van der Waals surface area contributed by atoms with E-state index in [0.29, 0.717) is 5.82 Å². The smallest absolute Gasteiger partial charge is 0.372 e. The molecule has 0 atom stereocenters. The summed E-state index contributed by atoms with van der Waals surface area (Å²) in [4.78, 5) is 3.68. The zero-order chi connectivity index (χ0) is 10.6. The van der Waals surface area contributed by atoms with E-state index in [4.69, 9.17) is 11.6 Å². The van der Waals surface area contributed by atoms with E-state index in [1.807, 2.05) is 0 Å². The van der Waals surface area contributed by atoms with Crippen LogP contribution in [0.25, 0.3) is 0 Å². The molecule has 1 heterocycles. The zero-order valence-electron chi connectivity index (χ0n) is 6.94. The molecular formula is C6H7ClF3N3O. The van der Waals surface area contributed by atoms with E-state index in [2.05, 4.69) is 19.9 Å². The van der Waals surface area contributed by atoms with E-state index in [9.17, 15) is 13.2 Å². The minimum Gasteiger partial charge on any atom is -0.372 e. The standard InChI is InChI=1S/C6H7ClF3N3O/c7-5-11-4(12-13-5)1-2-14-3-6(8,9)10/h1-3H2,(H,11,12,13). The Morgan fingerprint density at radius 2 is 2.14 bits per heavy atom. The van der Waals surface area contributed by atoms with Crippen molar-refractivity contribution in [2.24, 2.45) is 0 Å². The van der Waals surface area contributed by atoms with Gasteiger partial charge in [-0.15, -0.1) is 5.10 Å². The van der Waals surface area contributed by atoms with Gasteiger partial charge >= 0.3 is 6.18 Å². The first-order chi connectivity index (χ1) is 6.47. The Bertz CT molecular complexity index is 288. The molecule has 4 nitrogen and oxygen atoms in total. The molecule has 1 N–H and O–H groups in total. The number of H-pyrrole nitrogens is 1. The number of halogens is 4. The summed E-state index contributed by atoms with van der Waals surface area (Å²) >= 11 is 5.37. The van der Waals surface area contributed by atoms with Gasteiger partial charge in [-0.3, -0.25) is 5.10 Å². The highest BCUT2D eigenvalue weighted by Crippen LogP contribution is 2.14. The highest BCUT2D eigenvalue weighted by Gasteiger charge is 2.27. The van der Waals surface area contributed by atoms with Crippen molar-refractivity contribution in [1.82, 2.24) is 15.2 Å². The fraction of sp³-hybridized carbons (Fsp3) is 0.667. The minimum absolute atomic E-state index is 0.0378. The molecule has 1 aromatic heterocycles. The molecule has 0 aromatic carbocycles. The SMILES string of the molecule is FC(F)(F)COCCc1nc(Cl)n[nH]1. The van der Waals surface area contributed by atoms with Crippen molar-refractivity contribution < 1.29 is 17.9 Å². The van der Waals surface area contributed by atoms with Gasteiger partial charge in [0.05, 0.1) is 6.61 Å². The van der Waals surface area contributed by atoms with Gasteiger partial charge in [-0.25, -0.2) is 4.98 Å². The Morgan fingerprint density at radius 3 is 2.64 bits per heavy atom. The third-order valence-corrected chi connectivity index (χ3v) is 1.42. The number of nitrogens with zero attached hydrogens (tertiary/aromatic N) is 2. The van der Waals surface area contributed by atoms with Crippen LogP contribution in [0.15, 0.2) is 0 Å². The van der Waals surface area contributed by atoms with Gasteiger partial charge < -0.3 is 4.74 Å². The van der Waals surface area contributed by atoms with Crippen LogP contribution in [0.3, 0.4) is 0 Å². The summed E-state index contributed by atoms with van der Waals surface area (Å²) in [5.74, 6) is 0.400. The van der Waals surface area contributed by atoms with Gasteiger partial charge in [-0.2, -0.15) is 13.2 Å². The van der Waals surface area contributed by atoms with Crippen LogP contribution in [0.4, 0.5) is 13.2 Å². The van der Waals surface area contributed by atoms with Crippen molar-refractivity contribution in [3.05, 3.63) is 11.1 Å². The molecule has 0 aliphatic rings. The number of hydrogen-bond donors (Lipinski definition) is 1. The number of aromatic amines is 1. The van der Waals surface area contributed by atoms with E-state index in [1.54, 1.807) is 0 Å². The summed E-state index contributed by atoms with van der Waals surface area (Å²) in [5.41, 5.74) is 0. The maximum Gasteiger partial charge on any atom is 0.411 e. The molecule has 0 amide bonds. The second-order valence-corrected chi connectivity index (χ2v) is 2.81. The summed E-state index contributed by atoms with van der Waals surface area (Å²) < 4.78 is 39.2. The molecule has 0 fully saturated rings. The van der Waals surface area contributed by atoms with Crippen LogP contribution in [0.2, 0.25) is 5.28 Å². The molecule has 0 bridgehead atoms. The Kier molecular flexibility index (Phi) is 3.70. The van der Waals surface area contributed by atoms with Crippen molar-refractivity contribution in [1.29, 1.82) is 0 Å². The monoisotopic (exact) mass is 229 g/mol. The lowest BCUT2D eigenvalue weighted by molar-refractivity contribution is -0.173. The van der Waals surface area contributed by atoms with E-state index in [-0.39, 0.29) is 18.3 Å². The van der Waals surface area contributed by atoms with Gasteiger partial charge in [-0.1, -0.05) is 0 Å². The molecule has 0 aliphatic heterocycles. The van der Waals surface area contributed by atoms with Gasteiger partial charge in [0.1, 0.15) is 12.4 Å². The number of rotatable bonds is 4. The van der Waals surface area contributed by atoms with E-state index in [1.165, 1.54) is 0 Å². The lowest BCUT2D eigenvalue weighted by Crippen LogP contribution is -2.18. The number of hydrogen-bond acceptors (Lipinski definition) is 3. The molecule has 1 aromatic rings. The normalized spacial score (nSPS) is 12.0. The summed E-state index contributed by atoms with van der Waals surface area (Å²) in [6.07, 6.45) is -4.07. The van der Waals surface area contributed by atoms with Crippen LogP contribution >= 0.6 is 11.6 Å². The minimum atomic E-state index is -4.29. The molecule has 14 heavy (non-hydrogen) atoms. The molecule has 0 saturated carbocycles. The highest BCUT2D eigenvalue weighted by atomic mass is 35.5. The predicted molar refractivity (Wildman–Crippen MR) is 42.0 cm³/mol. The quantitative estimate of drug-likeness (QED) is 0.798. The van der Waals surface area contributed by atoms with Gasteiger partial charge in [0.25, 0.3) is 0 Å². The molecule has 8 heteroatoms. The van der Waals surface area contributed by atoms with E-state index < -0.39 is 12.8 Å². The van der Waals surface area contributed by atoms with Crippen molar-refractivity contribution in [2.75, 3.05) is 13.2 Å². The van der Waals surface area contributed by atoms with Crippen molar-refractivity contribution in [3.63, 3.8) is 0 Å². The van der Waals surface area contributed by atoms with Crippen molar-refractivity contribution in [3.8, 4) is 0 Å².